The molecule has 4 aromatic heterocycles. The summed E-state index contributed by atoms with van der Waals surface area (Å²) in [5, 5.41) is 10.7. The van der Waals surface area contributed by atoms with E-state index in [4.69, 9.17) is 30.2 Å². The number of methoxy groups -OCH3 is 1. The molecule has 39 heavy (non-hydrogen) atoms. The third kappa shape index (κ3) is 7.56. The van der Waals surface area contributed by atoms with Crippen molar-refractivity contribution in [3.8, 4) is 23.4 Å². The molecule has 0 fully saturated rings. The summed E-state index contributed by atoms with van der Waals surface area (Å²) in [6.07, 6.45) is 0. The molecule has 0 bridgehead atoms. The van der Waals surface area contributed by atoms with Gasteiger partial charge in [0.25, 0.3) is 5.95 Å². The number of hydrogen-bond acceptors (Lipinski definition) is 9. The van der Waals surface area contributed by atoms with Crippen molar-refractivity contribution in [2.75, 3.05) is 7.11 Å². The number of furan rings is 2. The molecule has 2 aromatic carbocycles. The number of halogens is 1. The number of benzene rings is 2. The summed E-state index contributed by atoms with van der Waals surface area (Å²) in [6.45, 7) is 5.68. The summed E-state index contributed by atoms with van der Waals surface area (Å²) in [5.41, 5.74) is 4.24. The van der Waals surface area contributed by atoms with Crippen molar-refractivity contribution < 1.29 is 23.2 Å². The van der Waals surface area contributed by atoms with E-state index in [0.717, 1.165) is 39.0 Å². The molecule has 0 saturated carbocycles. The van der Waals surface area contributed by atoms with Crippen molar-refractivity contribution in [3.05, 3.63) is 95.2 Å². The van der Waals surface area contributed by atoms with Crippen LogP contribution in [0.4, 0.5) is 0 Å². The maximum absolute atomic E-state index is 8.34. The van der Waals surface area contributed by atoms with Crippen molar-refractivity contribution >= 4 is 41.2 Å². The Hall–Kier alpha value is -4.41. The molecule has 6 aromatic rings. The molecule has 0 spiro atoms. The standard InChI is InChI=1S/C14H12N2O2.C8H6BO3.C6H7ClN2/c1-9-7-13(17-2)16-14(15-9)12-8-10-5-3-4-6-11(10)18-12;10-9-12-8-5-6-3-1-2-4-7(6)11-8;1-4-3-5(2)9-6(7)8-4/h3-8H,1-2H3;1-5,10H;3H,1-2H3. The predicted octanol–water partition coefficient (Wildman–Crippen LogP) is 6.29. The fraction of sp³-hybridized carbons (Fsp3) is 0.143. The molecule has 0 saturated heterocycles. The van der Waals surface area contributed by atoms with Gasteiger partial charge in [-0.05, 0) is 56.6 Å². The monoisotopic (exact) mass is 543 g/mol. The molecule has 4 heterocycles. The van der Waals surface area contributed by atoms with E-state index >= 15 is 0 Å². The summed E-state index contributed by atoms with van der Waals surface area (Å²) in [7, 11) is 2.18. The Balaban J connectivity index is 0.000000146. The van der Waals surface area contributed by atoms with Gasteiger partial charge in [0.05, 0.1) is 7.11 Å². The van der Waals surface area contributed by atoms with Crippen LogP contribution in [-0.4, -0.2) is 39.8 Å². The number of aryl methyl sites for hydroxylation is 3. The largest absolute Gasteiger partial charge is 0.571 e. The van der Waals surface area contributed by atoms with Crippen LogP contribution in [-0.2, 0) is 0 Å². The molecule has 0 amide bonds. The fourth-order valence-corrected chi connectivity index (χ4v) is 3.86. The highest BCUT2D eigenvalue weighted by Crippen LogP contribution is 2.27. The molecular formula is C28H25BClN4O5. The summed E-state index contributed by atoms with van der Waals surface area (Å²) in [6, 6.07) is 22.7. The van der Waals surface area contributed by atoms with Crippen LogP contribution in [0, 0.1) is 20.8 Å². The van der Waals surface area contributed by atoms with E-state index in [1.54, 1.807) is 19.2 Å². The second-order valence-corrected chi connectivity index (χ2v) is 8.61. The number of hydrogen-bond donors (Lipinski definition) is 1. The fourth-order valence-electron chi connectivity index (χ4n) is 3.60. The second-order valence-electron chi connectivity index (χ2n) is 8.27. The predicted molar refractivity (Wildman–Crippen MR) is 150 cm³/mol. The molecular weight excluding hydrogens is 519 g/mol. The molecule has 9 nitrogen and oxygen atoms in total. The van der Waals surface area contributed by atoms with Crippen LogP contribution >= 0.6 is 11.6 Å². The van der Waals surface area contributed by atoms with Gasteiger partial charge in [0.1, 0.15) is 11.2 Å². The van der Waals surface area contributed by atoms with Gasteiger partial charge in [0.2, 0.25) is 11.2 Å². The summed E-state index contributed by atoms with van der Waals surface area (Å²) in [4.78, 5) is 16.4. The van der Waals surface area contributed by atoms with E-state index < -0.39 is 0 Å². The van der Waals surface area contributed by atoms with Crippen LogP contribution in [0.25, 0.3) is 33.5 Å². The first-order valence-electron chi connectivity index (χ1n) is 11.8. The zero-order valence-electron chi connectivity index (χ0n) is 21.8. The number of ether oxygens (including phenoxy) is 1. The van der Waals surface area contributed by atoms with Gasteiger partial charge < -0.3 is 23.2 Å². The normalized spacial score (nSPS) is 10.3. The molecule has 11 heteroatoms. The first-order valence-corrected chi connectivity index (χ1v) is 12.2. The molecule has 1 N–H and O–H groups in total. The van der Waals surface area contributed by atoms with Crippen molar-refractivity contribution in [2.24, 2.45) is 0 Å². The van der Waals surface area contributed by atoms with Gasteiger partial charge in [-0.25, -0.2) is 15.0 Å². The van der Waals surface area contributed by atoms with Gasteiger partial charge in [0.15, 0.2) is 11.6 Å². The molecule has 6 rings (SSSR count). The number of rotatable bonds is 4. The lowest BCUT2D eigenvalue weighted by atomic mass is 10.2. The average Bonchev–Trinajstić information content (AvgIpc) is 3.52. The van der Waals surface area contributed by atoms with Crippen LogP contribution in [0.1, 0.15) is 17.1 Å². The molecule has 0 aliphatic heterocycles. The van der Waals surface area contributed by atoms with Crippen LogP contribution < -0.4 is 9.39 Å². The van der Waals surface area contributed by atoms with Crippen molar-refractivity contribution in [3.63, 3.8) is 0 Å². The molecule has 0 aliphatic rings. The number of para-hydroxylation sites is 2. The summed E-state index contributed by atoms with van der Waals surface area (Å²) >= 11 is 5.53. The lowest BCUT2D eigenvalue weighted by Gasteiger charge is -2.02. The van der Waals surface area contributed by atoms with Gasteiger partial charge in [-0.2, -0.15) is 4.98 Å². The Bertz CT molecular complexity index is 1570. The van der Waals surface area contributed by atoms with Gasteiger partial charge >= 0.3 is 7.69 Å². The third-order valence-electron chi connectivity index (χ3n) is 5.21. The van der Waals surface area contributed by atoms with Gasteiger partial charge in [-0.1, -0.05) is 36.4 Å². The minimum atomic E-state index is 0.290. The Morgan fingerprint density at radius 1 is 0.744 bits per heavy atom. The van der Waals surface area contributed by atoms with E-state index in [0.29, 0.717) is 36.4 Å². The van der Waals surface area contributed by atoms with E-state index in [2.05, 4.69) is 24.6 Å². The smallest absolute Gasteiger partial charge is 0.510 e. The Kier molecular flexibility index (Phi) is 9.14. The lowest BCUT2D eigenvalue weighted by molar-refractivity contribution is 0.371. The minimum absolute atomic E-state index is 0.290. The van der Waals surface area contributed by atoms with Crippen LogP contribution in [0.5, 0.6) is 11.8 Å². The van der Waals surface area contributed by atoms with Gasteiger partial charge in [-0.3, -0.25) is 0 Å². The molecule has 0 aliphatic carbocycles. The lowest BCUT2D eigenvalue weighted by Crippen LogP contribution is -1.97. The first-order chi connectivity index (χ1) is 18.8. The summed E-state index contributed by atoms with van der Waals surface area (Å²) in [5.74, 6) is 2.03. The van der Waals surface area contributed by atoms with Crippen LogP contribution in [0.15, 0.2) is 81.6 Å². The van der Waals surface area contributed by atoms with Crippen molar-refractivity contribution in [1.29, 1.82) is 0 Å². The third-order valence-corrected chi connectivity index (χ3v) is 5.38. The van der Waals surface area contributed by atoms with Gasteiger partial charge in [0, 0.05) is 40.0 Å². The average molecular weight is 544 g/mol. The zero-order chi connectivity index (χ0) is 27.8. The number of aromatic nitrogens is 4. The zero-order valence-corrected chi connectivity index (χ0v) is 22.5. The summed E-state index contributed by atoms with van der Waals surface area (Å²) < 4.78 is 20.7. The quantitative estimate of drug-likeness (QED) is 0.202. The van der Waals surface area contributed by atoms with Crippen LogP contribution in [0.2, 0.25) is 5.28 Å². The van der Waals surface area contributed by atoms with Crippen LogP contribution in [0.3, 0.4) is 0 Å². The second kappa shape index (κ2) is 12.9. The molecule has 0 unspecified atom stereocenters. The van der Waals surface area contributed by atoms with E-state index in [-0.39, 0.29) is 0 Å². The molecule has 197 valence electrons. The Morgan fingerprint density at radius 2 is 1.33 bits per heavy atom. The number of nitrogens with zero attached hydrogens (tertiary/aromatic N) is 4. The van der Waals surface area contributed by atoms with E-state index in [9.17, 15) is 0 Å². The highest BCUT2D eigenvalue weighted by molar-refractivity contribution is 6.28. The Morgan fingerprint density at radius 3 is 1.90 bits per heavy atom. The SMILES string of the molecule is COc1cc(C)nc(-c2cc3ccccc3o2)n1.Cc1cc(C)nc(Cl)n1.O[B]Oc1cc2ccccc2o1. The van der Waals surface area contributed by atoms with Gasteiger partial charge in [-0.15, -0.1) is 0 Å². The first kappa shape index (κ1) is 27.6. The molecule has 0 atom stereocenters. The van der Waals surface area contributed by atoms with Crippen molar-refractivity contribution in [2.45, 2.75) is 20.8 Å². The Labute approximate surface area is 230 Å². The molecule has 1 radical (unpaired) electrons. The minimum Gasteiger partial charge on any atom is -0.510 e. The topological polar surface area (TPSA) is 117 Å². The van der Waals surface area contributed by atoms with E-state index in [1.165, 1.54) is 0 Å². The maximum Gasteiger partial charge on any atom is 0.571 e. The number of fused-ring (bicyclic) bond motifs is 2. The highest BCUT2D eigenvalue weighted by Gasteiger charge is 2.10. The highest BCUT2D eigenvalue weighted by atomic mass is 35.5. The van der Waals surface area contributed by atoms with Crippen molar-refractivity contribution in [1.82, 2.24) is 19.9 Å². The maximum atomic E-state index is 8.34. The van der Waals surface area contributed by atoms with E-state index in [1.807, 2.05) is 81.4 Å².